The summed E-state index contributed by atoms with van der Waals surface area (Å²) in [5.41, 5.74) is 1.06. The van der Waals surface area contributed by atoms with Gasteiger partial charge in [-0.3, -0.25) is 4.90 Å². The predicted molar refractivity (Wildman–Crippen MR) is 76.6 cm³/mol. The molecule has 0 spiro atoms. The van der Waals surface area contributed by atoms with E-state index in [9.17, 15) is 4.79 Å². The number of anilines is 1. The lowest BCUT2D eigenvalue weighted by molar-refractivity contribution is 0.0697. The maximum absolute atomic E-state index is 11.1. The molecule has 1 aromatic carbocycles. The monoisotopic (exact) mass is 276 g/mol. The molecule has 0 amide bonds. The first-order chi connectivity index (χ1) is 9.67. The minimum Gasteiger partial charge on any atom is -0.495 e. The smallest absolute Gasteiger partial charge is 0.335 e. The highest BCUT2D eigenvalue weighted by Crippen LogP contribution is 2.32. The number of carboxylic acid groups (broad SMARTS) is 1. The van der Waals surface area contributed by atoms with Crippen LogP contribution in [0.4, 0.5) is 5.69 Å². The van der Waals surface area contributed by atoms with Crippen molar-refractivity contribution in [3.05, 3.63) is 23.8 Å². The molecule has 1 saturated heterocycles. The van der Waals surface area contributed by atoms with E-state index in [4.69, 9.17) is 9.84 Å². The fourth-order valence-corrected chi connectivity index (χ4v) is 2.85. The molecule has 2 N–H and O–H groups in total. The first-order valence-corrected chi connectivity index (χ1v) is 7.09. The Bertz CT molecular complexity index is 514. The maximum atomic E-state index is 11.1. The molecule has 5 nitrogen and oxygen atoms in total. The highest BCUT2D eigenvalue weighted by molar-refractivity contribution is 5.89. The van der Waals surface area contributed by atoms with Crippen LogP contribution in [0, 0.1) is 0 Å². The maximum Gasteiger partial charge on any atom is 0.335 e. The van der Waals surface area contributed by atoms with Gasteiger partial charge in [0.15, 0.2) is 0 Å². The molecule has 1 heterocycles. The third kappa shape index (κ3) is 2.72. The minimum absolute atomic E-state index is 0.283. The lowest BCUT2D eigenvalue weighted by Crippen LogP contribution is -2.27. The van der Waals surface area contributed by atoms with Crippen molar-refractivity contribution < 1.29 is 14.6 Å². The number of rotatable bonds is 5. The summed E-state index contributed by atoms with van der Waals surface area (Å²) < 4.78 is 5.31. The number of carboxylic acids is 1. The Morgan fingerprint density at radius 3 is 2.85 bits per heavy atom. The van der Waals surface area contributed by atoms with Crippen molar-refractivity contribution in [2.45, 2.75) is 31.3 Å². The summed E-state index contributed by atoms with van der Waals surface area (Å²) in [6.45, 7) is 2.16. The van der Waals surface area contributed by atoms with Crippen LogP contribution in [0.2, 0.25) is 0 Å². The molecule has 1 aliphatic heterocycles. The second kappa shape index (κ2) is 5.32. The zero-order chi connectivity index (χ0) is 14.1. The minimum atomic E-state index is -0.915. The van der Waals surface area contributed by atoms with E-state index < -0.39 is 5.97 Å². The van der Waals surface area contributed by atoms with Crippen molar-refractivity contribution in [1.29, 1.82) is 0 Å². The number of nitrogens with zero attached hydrogens (tertiary/aromatic N) is 1. The van der Waals surface area contributed by atoms with Crippen LogP contribution in [0.15, 0.2) is 18.2 Å². The summed E-state index contributed by atoms with van der Waals surface area (Å²) in [5, 5.41) is 12.5. The van der Waals surface area contributed by atoms with Crippen LogP contribution in [0.3, 0.4) is 0 Å². The van der Waals surface area contributed by atoms with Gasteiger partial charge >= 0.3 is 5.97 Å². The number of benzene rings is 1. The topological polar surface area (TPSA) is 61.8 Å². The summed E-state index contributed by atoms with van der Waals surface area (Å²) >= 11 is 0. The second-order valence-corrected chi connectivity index (χ2v) is 5.58. The van der Waals surface area contributed by atoms with Crippen LogP contribution >= 0.6 is 0 Å². The Morgan fingerprint density at radius 1 is 1.40 bits per heavy atom. The molecule has 1 atom stereocenters. The van der Waals surface area contributed by atoms with Crippen molar-refractivity contribution in [1.82, 2.24) is 4.90 Å². The van der Waals surface area contributed by atoms with Crippen LogP contribution in [0.5, 0.6) is 5.75 Å². The first-order valence-electron chi connectivity index (χ1n) is 7.09. The van der Waals surface area contributed by atoms with Gasteiger partial charge in [-0.1, -0.05) is 0 Å². The summed E-state index contributed by atoms with van der Waals surface area (Å²) in [6, 6.07) is 6.08. The number of likely N-dealkylation sites (tertiary alicyclic amines) is 1. The molecular weight excluding hydrogens is 256 g/mol. The number of carbonyl (C=O) groups is 1. The van der Waals surface area contributed by atoms with Crippen LogP contribution in [-0.2, 0) is 0 Å². The molecule has 1 aliphatic carbocycles. The van der Waals surface area contributed by atoms with Crippen LogP contribution in [0.1, 0.15) is 29.6 Å². The van der Waals surface area contributed by atoms with Crippen molar-refractivity contribution in [2.24, 2.45) is 0 Å². The van der Waals surface area contributed by atoms with Crippen LogP contribution < -0.4 is 10.1 Å². The highest BCUT2D eigenvalue weighted by Gasteiger charge is 2.34. The molecule has 3 rings (SSSR count). The van der Waals surface area contributed by atoms with Crippen LogP contribution in [0.25, 0.3) is 0 Å². The molecular formula is C15H20N2O3. The zero-order valence-electron chi connectivity index (χ0n) is 11.6. The lowest BCUT2D eigenvalue weighted by atomic mass is 10.1. The van der Waals surface area contributed by atoms with Gasteiger partial charge < -0.3 is 15.2 Å². The molecule has 108 valence electrons. The highest BCUT2D eigenvalue weighted by atomic mass is 16.5. The van der Waals surface area contributed by atoms with Crippen molar-refractivity contribution in [2.75, 3.05) is 25.5 Å². The predicted octanol–water partition coefficient (Wildman–Crippen LogP) is 2.04. The van der Waals surface area contributed by atoms with Gasteiger partial charge in [-0.2, -0.15) is 0 Å². The van der Waals surface area contributed by atoms with Crippen molar-refractivity contribution in [3.8, 4) is 5.75 Å². The molecule has 2 aliphatic rings. The lowest BCUT2D eigenvalue weighted by Gasteiger charge is -2.18. The van der Waals surface area contributed by atoms with E-state index in [-0.39, 0.29) is 5.56 Å². The molecule has 0 radical (unpaired) electrons. The summed E-state index contributed by atoms with van der Waals surface area (Å²) in [4.78, 5) is 13.6. The third-order valence-electron chi connectivity index (χ3n) is 4.09. The van der Waals surface area contributed by atoms with E-state index >= 15 is 0 Å². The molecule has 1 saturated carbocycles. The summed E-state index contributed by atoms with van der Waals surface area (Å²) in [7, 11) is 1.60. The summed E-state index contributed by atoms with van der Waals surface area (Å²) in [6.07, 6.45) is 3.74. The molecule has 2 fully saturated rings. The molecule has 1 aromatic rings. The number of ether oxygens (including phenoxy) is 1. The number of aromatic carboxylic acids is 1. The Balaban J connectivity index is 1.72. The standard InChI is InChI=1S/C15H20N2O3/c1-20-14-5-2-10(15(18)19)8-13(14)16-11-6-7-17(9-11)12-3-4-12/h2,5,8,11-12,16H,3-4,6-7,9H2,1H3,(H,18,19). The molecule has 0 aromatic heterocycles. The van der Waals surface area contributed by atoms with E-state index in [2.05, 4.69) is 10.2 Å². The van der Waals surface area contributed by atoms with Gasteiger partial charge in [0.05, 0.1) is 18.4 Å². The second-order valence-electron chi connectivity index (χ2n) is 5.58. The Morgan fingerprint density at radius 2 is 2.20 bits per heavy atom. The van der Waals surface area contributed by atoms with Crippen LogP contribution in [-0.4, -0.2) is 48.3 Å². The van der Waals surface area contributed by atoms with E-state index in [1.807, 2.05) is 0 Å². The molecule has 0 bridgehead atoms. The van der Waals surface area contributed by atoms with Gasteiger partial charge in [0.25, 0.3) is 0 Å². The molecule has 5 heteroatoms. The van der Waals surface area contributed by atoms with Gasteiger partial charge in [-0.15, -0.1) is 0 Å². The normalized spacial score (nSPS) is 22.8. The third-order valence-corrected chi connectivity index (χ3v) is 4.09. The first kappa shape index (κ1) is 13.2. The van der Waals surface area contributed by atoms with Crippen molar-refractivity contribution >= 4 is 11.7 Å². The van der Waals surface area contributed by atoms with Gasteiger partial charge in [-0.05, 0) is 37.5 Å². The Kier molecular flexibility index (Phi) is 3.53. The number of nitrogens with one attached hydrogen (secondary N) is 1. The van der Waals surface area contributed by atoms with Gasteiger partial charge in [0.1, 0.15) is 5.75 Å². The Labute approximate surface area is 118 Å². The van der Waals surface area contributed by atoms with Crippen molar-refractivity contribution in [3.63, 3.8) is 0 Å². The average Bonchev–Trinajstić information content (AvgIpc) is 3.19. The number of hydrogen-bond donors (Lipinski definition) is 2. The van der Waals surface area contributed by atoms with Gasteiger partial charge in [0, 0.05) is 25.2 Å². The Hall–Kier alpha value is -1.75. The van der Waals surface area contributed by atoms with Gasteiger partial charge in [0.2, 0.25) is 0 Å². The van der Waals surface area contributed by atoms with E-state index in [1.165, 1.54) is 12.8 Å². The SMILES string of the molecule is COc1ccc(C(=O)O)cc1NC1CCN(C2CC2)C1. The fourth-order valence-electron chi connectivity index (χ4n) is 2.85. The number of methoxy groups -OCH3 is 1. The van der Waals surface area contributed by atoms with Gasteiger partial charge in [-0.25, -0.2) is 4.79 Å². The van der Waals surface area contributed by atoms with E-state index in [0.717, 1.165) is 31.2 Å². The number of hydrogen-bond acceptors (Lipinski definition) is 4. The average molecular weight is 276 g/mol. The zero-order valence-corrected chi connectivity index (χ0v) is 11.6. The molecule has 1 unspecified atom stereocenters. The molecule has 20 heavy (non-hydrogen) atoms. The quantitative estimate of drug-likeness (QED) is 0.861. The van der Waals surface area contributed by atoms with E-state index in [0.29, 0.717) is 11.8 Å². The summed E-state index contributed by atoms with van der Waals surface area (Å²) in [5.74, 6) is -0.221. The largest absolute Gasteiger partial charge is 0.495 e. The fraction of sp³-hybridized carbons (Fsp3) is 0.533. The van der Waals surface area contributed by atoms with E-state index in [1.54, 1.807) is 25.3 Å².